The van der Waals surface area contributed by atoms with Gasteiger partial charge in [-0.2, -0.15) is 0 Å². The highest BCUT2D eigenvalue weighted by Crippen LogP contribution is 2.17. The van der Waals surface area contributed by atoms with Crippen LogP contribution in [0.25, 0.3) is 0 Å². The first-order valence-electron chi connectivity index (χ1n) is 9.76. The first kappa shape index (κ1) is 19.3. The lowest BCUT2D eigenvalue weighted by Gasteiger charge is -2.11. The third-order valence-corrected chi connectivity index (χ3v) is 5.02. The zero-order valence-corrected chi connectivity index (χ0v) is 15.3. The molecule has 2 atom stereocenters. The number of unbranched alkanes of at least 4 members (excludes halogenated alkanes) is 6. The fraction of sp³-hybridized carbons (Fsp3) is 0.727. The zero-order chi connectivity index (χ0) is 16.0. The average Bonchev–Trinajstić information content (AvgIpc) is 2.54. The van der Waals surface area contributed by atoms with Gasteiger partial charge in [0.05, 0.1) is 0 Å². The largest absolute Gasteiger partial charge is 0.0651 e. The van der Waals surface area contributed by atoms with Gasteiger partial charge >= 0.3 is 0 Å². The number of hydrogen-bond donors (Lipinski definition) is 0. The lowest BCUT2D eigenvalue weighted by Crippen LogP contribution is -1.99. The molecule has 0 aliphatic heterocycles. The predicted molar refractivity (Wildman–Crippen MR) is 100 cm³/mol. The van der Waals surface area contributed by atoms with E-state index < -0.39 is 0 Å². The lowest BCUT2D eigenvalue weighted by molar-refractivity contribution is 0.460. The minimum atomic E-state index is 0.831. The Balaban J connectivity index is 1.89. The third-order valence-electron chi connectivity index (χ3n) is 5.02. The fourth-order valence-electron chi connectivity index (χ4n) is 3.19. The summed E-state index contributed by atoms with van der Waals surface area (Å²) in [6.45, 7) is 7.10. The summed E-state index contributed by atoms with van der Waals surface area (Å²) in [6.07, 6.45) is 15.5. The molecule has 0 N–H and O–H groups in total. The van der Waals surface area contributed by atoms with Gasteiger partial charge in [0.15, 0.2) is 0 Å². The second-order valence-electron chi connectivity index (χ2n) is 7.36. The van der Waals surface area contributed by atoms with Gasteiger partial charge in [-0.05, 0) is 23.8 Å². The maximum Gasteiger partial charge on any atom is -0.0253 e. The van der Waals surface area contributed by atoms with Crippen molar-refractivity contribution in [3.8, 4) is 0 Å². The Kier molecular flexibility index (Phi) is 11.2. The lowest BCUT2D eigenvalue weighted by atomic mass is 9.95. The summed E-state index contributed by atoms with van der Waals surface area (Å²) < 4.78 is 0. The fourth-order valence-corrected chi connectivity index (χ4v) is 3.19. The van der Waals surface area contributed by atoms with Crippen LogP contribution in [0.4, 0.5) is 0 Å². The quantitative estimate of drug-likeness (QED) is 0.332. The van der Waals surface area contributed by atoms with Crippen molar-refractivity contribution in [2.75, 3.05) is 0 Å². The van der Waals surface area contributed by atoms with Gasteiger partial charge in [-0.25, -0.2) is 0 Å². The molecular formula is C22H38. The molecule has 0 aliphatic carbocycles. The molecule has 0 saturated carbocycles. The Labute approximate surface area is 139 Å². The van der Waals surface area contributed by atoms with Gasteiger partial charge < -0.3 is 0 Å². The maximum absolute atomic E-state index is 2.40. The van der Waals surface area contributed by atoms with Gasteiger partial charge in [0.2, 0.25) is 0 Å². The van der Waals surface area contributed by atoms with Crippen LogP contribution >= 0.6 is 0 Å². The summed E-state index contributed by atoms with van der Waals surface area (Å²) >= 11 is 0. The number of rotatable bonds is 13. The van der Waals surface area contributed by atoms with Crippen LogP contribution in [-0.4, -0.2) is 0 Å². The van der Waals surface area contributed by atoms with Crippen LogP contribution in [0.3, 0.4) is 0 Å². The minimum Gasteiger partial charge on any atom is -0.0651 e. The Morgan fingerprint density at radius 2 is 1.18 bits per heavy atom. The van der Waals surface area contributed by atoms with Crippen molar-refractivity contribution in [1.82, 2.24) is 0 Å². The van der Waals surface area contributed by atoms with Gasteiger partial charge in [0.1, 0.15) is 0 Å². The van der Waals surface area contributed by atoms with E-state index in [1.54, 1.807) is 0 Å². The summed E-state index contributed by atoms with van der Waals surface area (Å²) in [5, 5.41) is 0. The second kappa shape index (κ2) is 12.7. The van der Waals surface area contributed by atoms with E-state index in [2.05, 4.69) is 51.1 Å². The highest BCUT2D eigenvalue weighted by atomic mass is 14.1. The van der Waals surface area contributed by atoms with Crippen LogP contribution < -0.4 is 0 Å². The smallest absolute Gasteiger partial charge is 0.0253 e. The van der Waals surface area contributed by atoms with Gasteiger partial charge in [-0.3, -0.25) is 0 Å². The predicted octanol–water partition coefficient (Wildman–Crippen LogP) is 7.42. The summed E-state index contributed by atoms with van der Waals surface area (Å²) in [4.78, 5) is 0. The highest BCUT2D eigenvalue weighted by molar-refractivity contribution is 5.14. The SMILES string of the molecule is CC[C@@H](C)CCCCCCCCC[C@H](C)Cc1ccccc1. The Hall–Kier alpha value is -0.780. The van der Waals surface area contributed by atoms with Crippen molar-refractivity contribution in [3.63, 3.8) is 0 Å². The van der Waals surface area contributed by atoms with Crippen LogP contribution in [0.1, 0.15) is 90.5 Å². The number of benzene rings is 1. The maximum atomic E-state index is 2.40. The van der Waals surface area contributed by atoms with E-state index >= 15 is 0 Å². The van der Waals surface area contributed by atoms with Crippen molar-refractivity contribution < 1.29 is 0 Å². The second-order valence-corrected chi connectivity index (χ2v) is 7.36. The first-order chi connectivity index (χ1) is 10.7. The van der Waals surface area contributed by atoms with Gasteiger partial charge in [0.25, 0.3) is 0 Å². The summed E-state index contributed by atoms with van der Waals surface area (Å²) in [5.74, 6) is 1.77. The Morgan fingerprint density at radius 1 is 0.682 bits per heavy atom. The molecule has 0 fully saturated rings. The zero-order valence-electron chi connectivity index (χ0n) is 15.3. The standard InChI is InChI=1S/C22H38/c1-4-20(2)15-11-8-6-5-7-9-12-16-21(3)19-22-17-13-10-14-18-22/h10,13-14,17-18,20-21H,4-9,11-12,15-16,19H2,1-3H3/t20-,21+/m1/s1. The van der Waals surface area contributed by atoms with Crippen LogP contribution in [-0.2, 0) is 6.42 Å². The van der Waals surface area contributed by atoms with Gasteiger partial charge in [-0.1, -0.05) is 115 Å². The monoisotopic (exact) mass is 302 g/mol. The van der Waals surface area contributed by atoms with Crippen LogP contribution in [0.5, 0.6) is 0 Å². The summed E-state index contributed by atoms with van der Waals surface area (Å²) in [6, 6.07) is 10.9. The molecule has 1 aromatic rings. The van der Waals surface area contributed by atoms with Crippen molar-refractivity contribution in [3.05, 3.63) is 35.9 Å². The summed E-state index contributed by atoms with van der Waals surface area (Å²) in [7, 11) is 0. The normalized spacial score (nSPS) is 14.0. The van der Waals surface area contributed by atoms with Crippen molar-refractivity contribution in [2.45, 2.75) is 91.4 Å². The molecule has 1 rings (SSSR count). The Bertz CT molecular complexity index is 340. The van der Waals surface area contributed by atoms with E-state index in [0.29, 0.717) is 0 Å². The molecule has 0 aliphatic rings. The van der Waals surface area contributed by atoms with E-state index in [4.69, 9.17) is 0 Å². The van der Waals surface area contributed by atoms with E-state index in [1.807, 2.05) is 0 Å². The first-order valence-corrected chi connectivity index (χ1v) is 9.76. The molecule has 0 radical (unpaired) electrons. The molecule has 0 bridgehead atoms. The van der Waals surface area contributed by atoms with Crippen molar-refractivity contribution >= 4 is 0 Å². The van der Waals surface area contributed by atoms with E-state index in [1.165, 1.54) is 76.2 Å². The van der Waals surface area contributed by atoms with E-state index in [0.717, 1.165) is 11.8 Å². The van der Waals surface area contributed by atoms with E-state index in [9.17, 15) is 0 Å². The molecule has 22 heavy (non-hydrogen) atoms. The molecule has 0 amide bonds. The molecule has 126 valence electrons. The average molecular weight is 303 g/mol. The topological polar surface area (TPSA) is 0 Å². The molecule has 0 nitrogen and oxygen atoms in total. The molecule has 0 unspecified atom stereocenters. The molecule has 0 heterocycles. The molecule has 0 spiro atoms. The molecule has 1 aromatic carbocycles. The van der Waals surface area contributed by atoms with Crippen molar-refractivity contribution in [1.29, 1.82) is 0 Å². The van der Waals surface area contributed by atoms with Crippen molar-refractivity contribution in [2.24, 2.45) is 11.8 Å². The number of hydrogen-bond acceptors (Lipinski definition) is 0. The molecular weight excluding hydrogens is 264 g/mol. The molecule has 0 heteroatoms. The molecule has 0 aromatic heterocycles. The van der Waals surface area contributed by atoms with Gasteiger partial charge in [-0.15, -0.1) is 0 Å². The Morgan fingerprint density at radius 3 is 1.73 bits per heavy atom. The van der Waals surface area contributed by atoms with Gasteiger partial charge in [0, 0.05) is 0 Å². The minimum absolute atomic E-state index is 0.831. The van der Waals surface area contributed by atoms with Crippen LogP contribution in [0, 0.1) is 11.8 Å². The van der Waals surface area contributed by atoms with Crippen LogP contribution in [0.15, 0.2) is 30.3 Å². The summed E-state index contributed by atoms with van der Waals surface area (Å²) in [5.41, 5.74) is 1.50. The van der Waals surface area contributed by atoms with Crippen LogP contribution in [0.2, 0.25) is 0 Å². The third kappa shape index (κ3) is 10.0. The van der Waals surface area contributed by atoms with E-state index in [-0.39, 0.29) is 0 Å². The molecule has 0 saturated heterocycles. The highest BCUT2D eigenvalue weighted by Gasteiger charge is 2.03.